The molecule has 3 rings (SSSR count). The Kier molecular flexibility index (Phi) is 5.58. The molecule has 1 aromatic carbocycles. The van der Waals surface area contributed by atoms with Crippen LogP contribution in [-0.2, 0) is 0 Å². The van der Waals surface area contributed by atoms with Gasteiger partial charge in [0.15, 0.2) is 5.82 Å². The van der Waals surface area contributed by atoms with E-state index in [1.807, 2.05) is 0 Å². The van der Waals surface area contributed by atoms with Gasteiger partial charge in [-0.25, -0.2) is 30.8 Å². The lowest BCUT2D eigenvalue weighted by molar-refractivity contribution is 0.0696. The first-order valence-electron chi connectivity index (χ1n) is 7.07. The average molecular weight is 344 g/mol. The number of phenols is 1. The van der Waals surface area contributed by atoms with Crippen LogP contribution in [0.15, 0.2) is 41.8 Å². The summed E-state index contributed by atoms with van der Waals surface area (Å²) < 4.78 is 0. The molecule has 0 bridgehead atoms. The van der Waals surface area contributed by atoms with Gasteiger partial charge in [-0.05, 0) is 19.1 Å². The number of phenolic OH excluding ortho intramolecular Hbond substituents is 1. The largest absolute Gasteiger partial charge is 0.508 e. The standard InChI is InChI=1S/C11H8N2O3.C4H8N4O/c14-9-3-1-2-7(4-9)10-12-5-8(6-13-10)11(15)16;1-3-2-8(5)4(9)7-6-3/h1-6,14H,(H,15,16);2,5H2,1H3,(H,7,9). The Morgan fingerprint density at radius 3 is 2.52 bits per heavy atom. The molecule has 130 valence electrons. The number of hydrazine groups is 1. The van der Waals surface area contributed by atoms with Crippen LogP contribution in [0.1, 0.15) is 17.3 Å². The molecule has 10 heteroatoms. The molecule has 0 atom stereocenters. The summed E-state index contributed by atoms with van der Waals surface area (Å²) in [5.74, 6) is 4.63. The maximum absolute atomic E-state index is 10.6. The van der Waals surface area contributed by atoms with Crippen molar-refractivity contribution in [3.63, 3.8) is 0 Å². The number of hydrogen-bond donors (Lipinski definition) is 4. The normalized spacial score (nSPS) is 13.3. The predicted octanol–water partition coefficient (Wildman–Crippen LogP) is 0.809. The van der Waals surface area contributed by atoms with E-state index in [0.29, 0.717) is 17.9 Å². The van der Waals surface area contributed by atoms with Crippen LogP contribution < -0.4 is 11.3 Å². The van der Waals surface area contributed by atoms with Crippen molar-refractivity contribution in [2.24, 2.45) is 10.9 Å². The summed E-state index contributed by atoms with van der Waals surface area (Å²) in [6.07, 6.45) is 2.46. The molecule has 2 heterocycles. The number of aromatic carboxylic acids is 1. The van der Waals surface area contributed by atoms with E-state index in [1.54, 1.807) is 19.1 Å². The number of hydrogen-bond acceptors (Lipinski definition) is 7. The molecule has 2 amide bonds. The fourth-order valence-electron chi connectivity index (χ4n) is 1.79. The van der Waals surface area contributed by atoms with Crippen molar-refractivity contribution >= 4 is 17.7 Å². The number of urea groups is 1. The molecule has 0 unspecified atom stereocenters. The van der Waals surface area contributed by atoms with E-state index in [9.17, 15) is 14.7 Å². The summed E-state index contributed by atoms with van der Waals surface area (Å²) in [6.45, 7) is 2.20. The Balaban J connectivity index is 0.000000212. The van der Waals surface area contributed by atoms with Crippen molar-refractivity contribution < 1.29 is 19.8 Å². The lowest BCUT2D eigenvalue weighted by Crippen LogP contribution is -2.49. The number of rotatable bonds is 2. The number of nitrogens with one attached hydrogen (secondary N) is 1. The highest BCUT2D eigenvalue weighted by Crippen LogP contribution is 2.19. The van der Waals surface area contributed by atoms with Crippen molar-refractivity contribution in [1.82, 2.24) is 20.4 Å². The third kappa shape index (κ3) is 4.97. The van der Waals surface area contributed by atoms with E-state index in [2.05, 4.69) is 20.5 Å². The lowest BCUT2D eigenvalue weighted by atomic mass is 10.2. The number of nitrogens with two attached hydrogens (primary N) is 1. The number of benzene rings is 1. The second-order valence-electron chi connectivity index (χ2n) is 5.04. The number of aromatic hydroxyl groups is 1. The van der Waals surface area contributed by atoms with Gasteiger partial charge in [0.1, 0.15) is 5.75 Å². The van der Waals surface area contributed by atoms with E-state index in [-0.39, 0.29) is 17.3 Å². The molecular weight excluding hydrogens is 328 g/mol. The number of carboxylic acid groups (broad SMARTS) is 1. The Hall–Kier alpha value is -3.53. The minimum Gasteiger partial charge on any atom is -0.508 e. The number of aromatic nitrogens is 2. The summed E-state index contributed by atoms with van der Waals surface area (Å²) in [7, 11) is 0. The minimum atomic E-state index is -1.07. The molecule has 2 aromatic rings. The van der Waals surface area contributed by atoms with Crippen LogP contribution in [0, 0.1) is 0 Å². The van der Waals surface area contributed by atoms with Crippen LogP contribution >= 0.6 is 0 Å². The van der Waals surface area contributed by atoms with E-state index in [4.69, 9.17) is 10.9 Å². The smallest absolute Gasteiger partial charge is 0.352 e. The van der Waals surface area contributed by atoms with Crippen molar-refractivity contribution in [2.75, 3.05) is 6.54 Å². The molecule has 0 saturated heterocycles. The Morgan fingerprint density at radius 1 is 1.32 bits per heavy atom. The van der Waals surface area contributed by atoms with Crippen LogP contribution in [0.2, 0.25) is 0 Å². The summed E-state index contributed by atoms with van der Waals surface area (Å²) in [4.78, 5) is 28.9. The van der Waals surface area contributed by atoms with Crippen molar-refractivity contribution in [3.05, 3.63) is 42.2 Å². The molecule has 10 nitrogen and oxygen atoms in total. The summed E-state index contributed by atoms with van der Waals surface area (Å²) in [5, 5.41) is 22.7. The molecule has 1 aliphatic heterocycles. The van der Waals surface area contributed by atoms with Crippen LogP contribution in [0.25, 0.3) is 11.4 Å². The maximum Gasteiger partial charge on any atom is 0.352 e. The van der Waals surface area contributed by atoms with Crippen LogP contribution in [-0.4, -0.2) is 49.4 Å². The highest BCUT2D eigenvalue weighted by atomic mass is 16.4. The Morgan fingerprint density at radius 2 is 2.00 bits per heavy atom. The third-order valence-corrected chi connectivity index (χ3v) is 3.01. The molecule has 0 saturated carbocycles. The van der Waals surface area contributed by atoms with Crippen molar-refractivity contribution in [3.8, 4) is 17.1 Å². The number of carbonyl (C=O) groups excluding carboxylic acids is 1. The number of nitrogens with zero attached hydrogens (tertiary/aromatic N) is 4. The molecule has 1 aromatic heterocycles. The SMILES string of the molecule is CC1=NNC(=O)N(N)C1.O=C(O)c1cnc(-c2cccc(O)c2)nc1. The van der Waals surface area contributed by atoms with Crippen molar-refractivity contribution in [1.29, 1.82) is 0 Å². The van der Waals surface area contributed by atoms with Gasteiger partial charge < -0.3 is 10.2 Å². The Labute approximate surface area is 142 Å². The number of carboxylic acids is 1. The zero-order valence-electron chi connectivity index (χ0n) is 13.2. The average Bonchev–Trinajstić information content (AvgIpc) is 2.59. The van der Waals surface area contributed by atoms with Gasteiger partial charge in [0.05, 0.1) is 17.8 Å². The fraction of sp³-hybridized carbons (Fsp3) is 0.133. The Bertz CT molecular complexity index is 806. The highest BCUT2D eigenvalue weighted by Gasteiger charge is 2.13. The van der Waals surface area contributed by atoms with Gasteiger partial charge >= 0.3 is 12.0 Å². The molecule has 0 fully saturated rings. The second-order valence-corrected chi connectivity index (χ2v) is 5.04. The van der Waals surface area contributed by atoms with Gasteiger partial charge in [0, 0.05) is 18.0 Å². The molecule has 25 heavy (non-hydrogen) atoms. The lowest BCUT2D eigenvalue weighted by Gasteiger charge is -2.19. The monoisotopic (exact) mass is 344 g/mol. The van der Waals surface area contributed by atoms with E-state index in [0.717, 1.165) is 10.7 Å². The minimum absolute atomic E-state index is 0.0314. The summed E-state index contributed by atoms with van der Waals surface area (Å²) in [5.41, 5.74) is 3.70. The predicted molar refractivity (Wildman–Crippen MR) is 88.6 cm³/mol. The molecule has 0 aliphatic carbocycles. The third-order valence-electron chi connectivity index (χ3n) is 3.01. The topological polar surface area (TPSA) is 154 Å². The molecule has 0 radical (unpaired) electrons. The zero-order chi connectivity index (χ0) is 18.4. The van der Waals surface area contributed by atoms with Gasteiger partial charge in [0.2, 0.25) is 0 Å². The first-order chi connectivity index (χ1) is 11.9. The van der Waals surface area contributed by atoms with Gasteiger partial charge in [-0.1, -0.05) is 12.1 Å². The fourth-order valence-corrected chi connectivity index (χ4v) is 1.79. The summed E-state index contributed by atoms with van der Waals surface area (Å²) in [6, 6.07) is 6.08. The maximum atomic E-state index is 10.6. The molecular formula is C15H16N6O4. The highest BCUT2D eigenvalue weighted by molar-refractivity contribution is 5.91. The van der Waals surface area contributed by atoms with E-state index in [1.165, 1.54) is 24.5 Å². The van der Waals surface area contributed by atoms with Gasteiger partial charge in [-0.3, -0.25) is 5.01 Å². The van der Waals surface area contributed by atoms with E-state index < -0.39 is 5.97 Å². The second kappa shape index (κ2) is 7.84. The van der Waals surface area contributed by atoms with Gasteiger partial charge in [0.25, 0.3) is 0 Å². The molecule has 5 N–H and O–H groups in total. The van der Waals surface area contributed by atoms with Gasteiger partial charge in [-0.2, -0.15) is 5.10 Å². The van der Waals surface area contributed by atoms with Crippen LogP contribution in [0.5, 0.6) is 5.75 Å². The van der Waals surface area contributed by atoms with Crippen LogP contribution in [0.4, 0.5) is 4.79 Å². The zero-order valence-corrected chi connectivity index (χ0v) is 13.2. The number of amides is 2. The van der Waals surface area contributed by atoms with Crippen molar-refractivity contribution in [2.45, 2.75) is 6.92 Å². The van der Waals surface area contributed by atoms with Gasteiger partial charge in [-0.15, -0.1) is 0 Å². The molecule has 0 spiro atoms. The number of carbonyl (C=O) groups is 2. The first-order valence-corrected chi connectivity index (χ1v) is 7.07. The quantitative estimate of drug-likeness (QED) is 0.464. The van der Waals surface area contributed by atoms with Crippen LogP contribution in [0.3, 0.4) is 0 Å². The van der Waals surface area contributed by atoms with E-state index >= 15 is 0 Å². The number of hydrazone groups is 1. The molecule has 1 aliphatic rings. The summed E-state index contributed by atoms with van der Waals surface area (Å²) >= 11 is 0. The first kappa shape index (κ1) is 17.8.